The molecule has 1 heterocycles. The molecule has 0 atom stereocenters. The topological polar surface area (TPSA) is 103 Å². The van der Waals surface area contributed by atoms with E-state index < -0.39 is 11.1 Å². The number of aromatic amines is 1. The molecule has 1 aromatic carbocycles. The third-order valence-electron chi connectivity index (χ3n) is 4.40. The molecule has 28 heavy (non-hydrogen) atoms. The summed E-state index contributed by atoms with van der Waals surface area (Å²) in [7, 11) is 0. The number of nitrogens with one attached hydrogen (secondary N) is 1. The molecule has 0 amide bonds. The fourth-order valence-electron chi connectivity index (χ4n) is 2.95. The third-order valence-corrected chi connectivity index (χ3v) is 5.25. The zero-order valence-electron chi connectivity index (χ0n) is 17.4. The molecule has 0 unspecified atom stereocenters. The molecule has 0 aliphatic carbocycles. The molecule has 3 N–H and O–H groups in total. The maximum Gasteiger partial charge on any atom is 0.313 e. The van der Waals surface area contributed by atoms with E-state index >= 15 is 0 Å². The van der Waals surface area contributed by atoms with Crippen molar-refractivity contribution in [3.63, 3.8) is 0 Å². The second-order valence-electron chi connectivity index (χ2n) is 8.95. The molecule has 0 saturated heterocycles. The Morgan fingerprint density at radius 1 is 1.07 bits per heavy atom. The van der Waals surface area contributed by atoms with Gasteiger partial charge in [-0.1, -0.05) is 53.3 Å². The Kier molecular flexibility index (Phi) is 5.99. The molecule has 7 heteroatoms. The molecule has 0 radical (unpaired) electrons. The van der Waals surface area contributed by atoms with Crippen LogP contribution in [0.3, 0.4) is 0 Å². The van der Waals surface area contributed by atoms with Gasteiger partial charge in [0.05, 0.1) is 11.4 Å². The Morgan fingerprint density at radius 3 is 2.00 bits per heavy atom. The third kappa shape index (κ3) is 4.76. The average molecular weight is 405 g/mol. The summed E-state index contributed by atoms with van der Waals surface area (Å²) in [5.74, 6) is -0.952. The van der Waals surface area contributed by atoms with E-state index in [4.69, 9.17) is 5.11 Å². The summed E-state index contributed by atoms with van der Waals surface area (Å²) < 4.78 is 0. The number of hydrogen-bond donors (Lipinski definition) is 3. The van der Waals surface area contributed by atoms with E-state index in [9.17, 15) is 14.7 Å². The smallest absolute Gasteiger partial charge is 0.313 e. The van der Waals surface area contributed by atoms with Crippen LogP contribution in [0.2, 0.25) is 0 Å². The molecule has 6 nitrogen and oxygen atoms in total. The number of hydrogen-bond acceptors (Lipinski definition) is 5. The lowest BCUT2D eigenvalue weighted by atomic mass is 9.78. The van der Waals surface area contributed by atoms with Crippen molar-refractivity contribution in [2.75, 3.05) is 5.75 Å². The van der Waals surface area contributed by atoms with Crippen LogP contribution in [-0.2, 0) is 15.6 Å². The number of aryl methyl sites for hydroxylation is 1. The zero-order valence-corrected chi connectivity index (χ0v) is 18.2. The Hall–Kier alpha value is -2.28. The fraction of sp³-hybridized carbons (Fsp3) is 0.476. The van der Waals surface area contributed by atoms with E-state index in [-0.39, 0.29) is 28.2 Å². The summed E-state index contributed by atoms with van der Waals surface area (Å²) in [6.45, 7) is 14.0. The van der Waals surface area contributed by atoms with Crippen molar-refractivity contribution >= 4 is 22.8 Å². The van der Waals surface area contributed by atoms with Gasteiger partial charge < -0.3 is 15.2 Å². The van der Waals surface area contributed by atoms with Crippen LogP contribution in [-0.4, -0.2) is 37.0 Å². The number of carboxylic acid groups (broad SMARTS) is 1. The average Bonchev–Trinajstić information content (AvgIpc) is 2.92. The number of aromatic hydroxyl groups is 1. The highest BCUT2D eigenvalue weighted by atomic mass is 32.2. The predicted octanol–water partition coefficient (Wildman–Crippen LogP) is 4.64. The second kappa shape index (κ2) is 7.62. The van der Waals surface area contributed by atoms with Crippen molar-refractivity contribution in [2.24, 2.45) is 0 Å². The van der Waals surface area contributed by atoms with E-state index in [1.54, 1.807) is 0 Å². The number of imidazole rings is 1. The van der Waals surface area contributed by atoms with Gasteiger partial charge in [0.2, 0.25) is 0 Å². The molecule has 0 spiro atoms. The Morgan fingerprint density at radius 2 is 1.57 bits per heavy atom. The summed E-state index contributed by atoms with van der Waals surface area (Å²) in [4.78, 5) is 30.3. The molecular formula is C21H28N2O4S. The van der Waals surface area contributed by atoms with E-state index in [2.05, 4.69) is 9.97 Å². The van der Waals surface area contributed by atoms with Crippen LogP contribution in [0, 0.1) is 6.92 Å². The van der Waals surface area contributed by atoms with Crippen LogP contribution in [0.15, 0.2) is 12.1 Å². The first kappa shape index (κ1) is 22.0. The highest BCUT2D eigenvalue weighted by Gasteiger charge is 2.28. The monoisotopic (exact) mass is 404 g/mol. The van der Waals surface area contributed by atoms with Crippen LogP contribution < -0.4 is 0 Å². The van der Waals surface area contributed by atoms with Gasteiger partial charge in [-0.3, -0.25) is 9.59 Å². The predicted molar refractivity (Wildman–Crippen MR) is 112 cm³/mol. The minimum absolute atomic E-state index is 0.126. The van der Waals surface area contributed by atoms with Gasteiger partial charge in [0.25, 0.3) is 5.12 Å². The van der Waals surface area contributed by atoms with Crippen molar-refractivity contribution in [3.05, 3.63) is 34.8 Å². The Bertz CT molecular complexity index is 882. The molecule has 0 aliphatic rings. The Labute approximate surface area is 169 Å². The zero-order chi connectivity index (χ0) is 21.4. The molecule has 0 fully saturated rings. The first-order valence-electron chi connectivity index (χ1n) is 9.05. The second-order valence-corrected chi connectivity index (χ2v) is 9.90. The van der Waals surface area contributed by atoms with E-state index in [0.29, 0.717) is 23.1 Å². The SMILES string of the molecule is Cc1[nH]c(C(=O)SCC(=O)O)nc1-c1cc(C(C)(C)C)c(O)c(C(C)(C)C)c1. The van der Waals surface area contributed by atoms with Crippen molar-refractivity contribution in [3.8, 4) is 17.0 Å². The number of aliphatic carboxylic acids is 1. The van der Waals surface area contributed by atoms with Crippen molar-refractivity contribution in [1.29, 1.82) is 0 Å². The molecule has 152 valence electrons. The van der Waals surface area contributed by atoms with Gasteiger partial charge in [0.1, 0.15) is 5.75 Å². The van der Waals surface area contributed by atoms with Crippen molar-refractivity contribution < 1.29 is 19.8 Å². The normalized spacial score (nSPS) is 12.2. The fourth-order valence-corrected chi connectivity index (χ4v) is 3.44. The summed E-state index contributed by atoms with van der Waals surface area (Å²) >= 11 is 0.700. The number of phenols is 1. The number of benzene rings is 1. The van der Waals surface area contributed by atoms with E-state index in [1.165, 1.54) is 0 Å². The van der Waals surface area contributed by atoms with E-state index in [0.717, 1.165) is 16.7 Å². The van der Waals surface area contributed by atoms with E-state index in [1.807, 2.05) is 60.6 Å². The number of phenolic OH excluding ortho intramolecular Hbond substituents is 1. The van der Waals surface area contributed by atoms with Gasteiger partial charge in [-0.05, 0) is 29.9 Å². The van der Waals surface area contributed by atoms with Gasteiger partial charge in [0, 0.05) is 22.4 Å². The largest absolute Gasteiger partial charge is 0.507 e. The van der Waals surface area contributed by atoms with Crippen LogP contribution in [0.5, 0.6) is 5.75 Å². The van der Waals surface area contributed by atoms with Crippen molar-refractivity contribution in [1.82, 2.24) is 9.97 Å². The number of carbonyl (C=O) groups excluding carboxylic acids is 1. The minimum atomic E-state index is -1.05. The number of aromatic nitrogens is 2. The molecule has 0 aliphatic heterocycles. The Balaban J connectivity index is 2.59. The van der Waals surface area contributed by atoms with Crippen molar-refractivity contribution in [2.45, 2.75) is 59.3 Å². The number of nitrogens with zero attached hydrogens (tertiary/aromatic N) is 1. The molecule has 2 rings (SSSR count). The van der Waals surface area contributed by atoms with Gasteiger partial charge in [-0.2, -0.15) is 0 Å². The number of carbonyl (C=O) groups is 2. The summed E-state index contributed by atoms with van der Waals surface area (Å²) in [6, 6.07) is 3.82. The van der Waals surface area contributed by atoms with Crippen LogP contribution in [0.1, 0.15) is 69.0 Å². The summed E-state index contributed by atoms with van der Waals surface area (Å²) in [6.07, 6.45) is 0. The molecule has 0 saturated carbocycles. The lowest BCUT2D eigenvalue weighted by Gasteiger charge is -2.28. The number of thioether (sulfide) groups is 1. The first-order valence-corrected chi connectivity index (χ1v) is 10.0. The molecular weight excluding hydrogens is 376 g/mol. The quantitative estimate of drug-likeness (QED) is 0.686. The van der Waals surface area contributed by atoms with Crippen LogP contribution in [0.25, 0.3) is 11.3 Å². The van der Waals surface area contributed by atoms with Gasteiger partial charge in [0.15, 0.2) is 5.82 Å². The van der Waals surface area contributed by atoms with Gasteiger partial charge in [-0.15, -0.1) is 0 Å². The number of carboxylic acids is 1. The van der Waals surface area contributed by atoms with Gasteiger partial charge >= 0.3 is 5.97 Å². The molecule has 0 bridgehead atoms. The lowest BCUT2D eigenvalue weighted by Crippen LogP contribution is -2.17. The van der Waals surface area contributed by atoms with Crippen LogP contribution >= 0.6 is 11.8 Å². The maximum absolute atomic E-state index is 12.2. The summed E-state index contributed by atoms with van der Waals surface area (Å²) in [5, 5.41) is 19.2. The molecule has 1 aromatic heterocycles. The number of rotatable bonds is 4. The maximum atomic E-state index is 12.2. The standard InChI is InChI=1S/C21H28N2O4S/c1-11-16(23-18(22-11)19(27)28-10-15(24)25)12-8-13(20(2,3)4)17(26)14(9-12)21(5,6)7/h8-9,26H,10H2,1-7H3,(H,22,23)(H,24,25). The highest BCUT2D eigenvalue weighted by Crippen LogP contribution is 2.42. The minimum Gasteiger partial charge on any atom is -0.507 e. The lowest BCUT2D eigenvalue weighted by molar-refractivity contribution is -0.133. The highest BCUT2D eigenvalue weighted by molar-refractivity contribution is 8.14. The number of H-pyrrole nitrogens is 1. The van der Waals surface area contributed by atoms with Gasteiger partial charge in [-0.25, -0.2) is 4.98 Å². The first-order chi connectivity index (χ1) is 12.7. The van der Waals surface area contributed by atoms with Crippen LogP contribution in [0.4, 0.5) is 0 Å². The summed E-state index contributed by atoms with van der Waals surface area (Å²) in [5.41, 5.74) is 3.21. The molecule has 2 aromatic rings.